The Kier molecular flexibility index (Phi) is 6.01. The molecule has 6 nitrogen and oxygen atoms in total. The van der Waals surface area contributed by atoms with Gasteiger partial charge in [-0.1, -0.05) is 41.8 Å². The number of aromatic nitrogens is 4. The maximum absolute atomic E-state index is 13.2. The number of nitrogens with zero attached hydrogens (tertiary/aromatic N) is 4. The molecule has 1 N–H and O–H groups in total. The molecule has 30 heavy (non-hydrogen) atoms. The average molecular weight is 417 g/mol. The van der Waals surface area contributed by atoms with Gasteiger partial charge >= 0.3 is 0 Å². The van der Waals surface area contributed by atoms with Crippen molar-refractivity contribution in [3.63, 3.8) is 0 Å². The summed E-state index contributed by atoms with van der Waals surface area (Å²) in [6, 6.07) is 15.6. The summed E-state index contributed by atoms with van der Waals surface area (Å²) in [5.74, 6) is 5.66. The molecule has 0 saturated heterocycles. The molecule has 4 rings (SSSR count). The number of amides is 1. The van der Waals surface area contributed by atoms with E-state index in [0.29, 0.717) is 16.4 Å². The van der Waals surface area contributed by atoms with E-state index in [0.717, 1.165) is 10.9 Å². The Morgan fingerprint density at radius 3 is 2.70 bits per heavy atom. The van der Waals surface area contributed by atoms with E-state index in [1.54, 1.807) is 23.0 Å². The van der Waals surface area contributed by atoms with E-state index >= 15 is 0 Å². The molecule has 0 atom stereocenters. The number of fused-ring (bicyclic) bond motifs is 1. The third-order valence-corrected chi connectivity index (χ3v) is 5.13. The highest BCUT2D eigenvalue weighted by Gasteiger charge is 2.13. The molecule has 0 saturated carbocycles. The zero-order chi connectivity index (χ0) is 20.8. The van der Waals surface area contributed by atoms with Crippen molar-refractivity contribution in [1.82, 2.24) is 25.1 Å². The molecule has 0 spiro atoms. The lowest BCUT2D eigenvalue weighted by Gasteiger charge is -2.04. The van der Waals surface area contributed by atoms with E-state index in [-0.39, 0.29) is 24.0 Å². The highest BCUT2D eigenvalue weighted by atomic mass is 32.2. The lowest BCUT2D eigenvalue weighted by molar-refractivity contribution is -0.118. The van der Waals surface area contributed by atoms with Gasteiger partial charge in [-0.3, -0.25) is 4.79 Å². The molecule has 0 bridgehead atoms. The van der Waals surface area contributed by atoms with Crippen LogP contribution < -0.4 is 5.32 Å². The molecular weight excluding hydrogens is 401 g/mol. The predicted octanol–water partition coefficient (Wildman–Crippen LogP) is 3.21. The number of nitrogens with one attached hydrogen (secondary N) is 1. The van der Waals surface area contributed by atoms with Crippen LogP contribution in [0.1, 0.15) is 5.56 Å². The van der Waals surface area contributed by atoms with Crippen LogP contribution in [0.5, 0.6) is 0 Å². The molecule has 0 aliphatic heterocycles. The second kappa shape index (κ2) is 9.20. The Balaban J connectivity index is 1.39. The topological polar surface area (TPSA) is 72.7 Å². The number of rotatable bonds is 5. The van der Waals surface area contributed by atoms with Crippen LogP contribution in [0.2, 0.25) is 0 Å². The van der Waals surface area contributed by atoms with Gasteiger partial charge in [0, 0.05) is 5.56 Å². The van der Waals surface area contributed by atoms with Crippen molar-refractivity contribution < 1.29 is 9.18 Å². The van der Waals surface area contributed by atoms with Gasteiger partial charge in [-0.05, 0) is 36.4 Å². The Labute approximate surface area is 176 Å². The van der Waals surface area contributed by atoms with Gasteiger partial charge < -0.3 is 5.32 Å². The van der Waals surface area contributed by atoms with Gasteiger partial charge in [0.05, 0.1) is 29.6 Å². The normalized spacial score (nSPS) is 10.4. The molecular formula is C22H16FN5OS. The molecule has 0 fully saturated rings. The quantitative estimate of drug-likeness (QED) is 0.307. The van der Waals surface area contributed by atoms with Gasteiger partial charge in [0.25, 0.3) is 0 Å². The van der Waals surface area contributed by atoms with Crippen LogP contribution in [0.25, 0.3) is 16.7 Å². The number of hydrogen-bond acceptors (Lipinski definition) is 5. The van der Waals surface area contributed by atoms with E-state index in [2.05, 4.69) is 32.2 Å². The zero-order valence-electron chi connectivity index (χ0n) is 15.7. The number of halogens is 1. The Bertz CT molecular complexity index is 1230. The first-order valence-corrected chi connectivity index (χ1v) is 10.1. The molecule has 8 heteroatoms. The summed E-state index contributed by atoms with van der Waals surface area (Å²) >= 11 is 1.30. The van der Waals surface area contributed by atoms with Crippen LogP contribution in [0.4, 0.5) is 4.39 Å². The fourth-order valence-electron chi connectivity index (χ4n) is 2.70. The van der Waals surface area contributed by atoms with Crippen LogP contribution >= 0.6 is 11.8 Å². The van der Waals surface area contributed by atoms with Crippen LogP contribution in [0.15, 0.2) is 72.1 Å². The molecule has 148 valence electrons. The molecule has 0 radical (unpaired) electrons. The number of thioether (sulfide) groups is 1. The lowest BCUT2D eigenvalue weighted by atomic mass is 10.2. The Hall–Kier alpha value is -3.70. The zero-order valence-corrected chi connectivity index (χ0v) is 16.6. The summed E-state index contributed by atoms with van der Waals surface area (Å²) < 4.78 is 14.8. The third kappa shape index (κ3) is 4.64. The van der Waals surface area contributed by atoms with Gasteiger partial charge in [-0.25, -0.2) is 19.0 Å². The van der Waals surface area contributed by atoms with Crippen LogP contribution in [-0.4, -0.2) is 38.0 Å². The number of carbonyl (C=O) groups is 1. The molecule has 0 aliphatic rings. The van der Waals surface area contributed by atoms with Crippen LogP contribution in [0.3, 0.4) is 0 Å². The van der Waals surface area contributed by atoms with E-state index in [9.17, 15) is 9.18 Å². The number of benzene rings is 2. The summed E-state index contributed by atoms with van der Waals surface area (Å²) in [6.07, 6.45) is 3.07. The Morgan fingerprint density at radius 2 is 1.90 bits per heavy atom. The van der Waals surface area contributed by atoms with Gasteiger partial charge in [0.15, 0.2) is 5.65 Å². The first kappa shape index (κ1) is 19.6. The number of carbonyl (C=O) groups excluding carboxylic acids is 1. The monoisotopic (exact) mass is 417 g/mol. The van der Waals surface area contributed by atoms with Crippen LogP contribution in [0, 0.1) is 17.7 Å². The van der Waals surface area contributed by atoms with Crippen molar-refractivity contribution in [3.05, 3.63) is 78.5 Å². The summed E-state index contributed by atoms with van der Waals surface area (Å²) in [6.45, 7) is 0.274. The van der Waals surface area contributed by atoms with E-state index in [1.807, 2.05) is 30.3 Å². The molecule has 0 unspecified atom stereocenters. The van der Waals surface area contributed by atoms with Gasteiger partial charge in [0.2, 0.25) is 5.91 Å². The molecule has 2 heterocycles. The van der Waals surface area contributed by atoms with Gasteiger partial charge in [-0.15, -0.1) is 0 Å². The van der Waals surface area contributed by atoms with Gasteiger partial charge in [0.1, 0.15) is 17.2 Å². The largest absolute Gasteiger partial charge is 0.344 e. The minimum Gasteiger partial charge on any atom is -0.344 e. The number of hydrogen-bond donors (Lipinski definition) is 1. The van der Waals surface area contributed by atoms with Crippen molar-refractivity contribution >= 4 is 28.7 Å². The van der Waals surface area contributed by atoms with Crippen molar-refractivity contribution in [2.75, 3.05) is 12.3 Å². The van der Waals surface area contributed by atoms with E-state index in [4.69, 9.17) is 0 Å². The minimum absolute atomic E-state index is 0.139. The summed E-state index contributed by atoms with van der Waals surface area (Å²) in [5, 5.41) is 8.48. The lowest BCUT2D eigenvalue weighted by Crippen LogP contribution is -2.25. The fourth-order valence-corrected chi connectivity index (χ4v) is 3.50. The fraction of sp³-hybridized carbons (Fsp3) is 0.0909. The first-order chi connectivity index (χ1) is 14.7. The first-order valence-electron chi connectivity index (χ1n) is 9.09. The molecule has 1 amide bonds. The predicted molar refractivity (Wildman–Crippen MR) is 114 cm³/mol. The second-order valence-corrected chi connectivity index (χ2v) is 7.15. The minimum atomic E-state index is -0.319. The molecule has 2 aromatic carbocycles. The summed E-state index contributed by atoms with van der Waals surface area (Å²) in [4.78, 5) is 20.7. The molecule has 2 aromatic heterocycles. The third-order valence-electron chi connectivity index (χ3n) is 4.12. The highest BCUT2D eigenvalue weighted by Crippen LogP contribution is 2.25. The second-order valence-electron chi connectivity index (χ2n) is 6.18. The SMILES string of the molecule is O=C(CSc1ncnc2c1cnn2-c1ccc(F)cc1)NCC#Cc1ccccc1. The van der Waals surface area contributed by atoms with Crippen molar-refractivity contribution in [1.29, 1.82) is 0 Å². The van der Waals surface area contributed by atoms with Crippen LogP contribution in [-0.2, 0) is 4.79 Å². The molecule has 4 aromatic rings. The maximum atomic E-state index is 13.2. The molecule has 0 aliphatic carbocycles. The van der Waals surface area contributed by atoms with E-state index < -0.39 is 0 Å². The van der Waals surface area contributed by atoms with Gasteiger partial charge in [-0.2, -0.15) is 5.10 Å². The standard InChI is InChI=1S/C22H16FN5OS/c23-17-8-10-18(11-9-17)28-21-19(13-27-28)22(26-15-25-21)30-14-20(29)24-12-4-7-16-5-2-1-3-6-16/h1-3,5-6,8-11,13,15H,12,14H2,(H,24,29). The highest BCUT2D eigenvalue weighted by molar-refractivity contribution is 8.00. The van der Waals surface area contributed by atoms with Crippen molar-refractivity contribution in [2.24, 2.45) is 0 Å². The smallest absolute Gasteiger partial charge is 0.231 e. The summed E-state index contributed by atoms with van der Waals surface area (Å²) in [5.41, 5.74) is 2.19. The Morgan fingerprint density at radius 1 is 1.10 bits per heavy atom. The van der Waals surface area contributed by atoms with Crippen molar-refractivity contribution in [3.8, 4) is 17.5 Å². The maximum Gasteiger partial charge on any atom is 0.231 e. The summed E-state index contributed by atoms with van der Waals surface area (Å²) in [7, 11) is 0. The van der Waals surface area contributed by atoms with E-state index in [1.165, 1.54) is 30.2 Å². The average Bonchev–Trinajstić information content (AvgIpc) is 3.21. The van der Waals surface area contributed by atoms with Crippen molar-refractivity contribution in [2.45, 2.75) is 5.03 Å².